The molecular weight excluding hydrogens is 420 g/mol. The van der Waals surface area contributed by atoms with Crippen molar-refractivity contribution in [2.75, 3.05) is 26.2 Å². The van der Waals surface area contributed by atoms with Gasteiger partial charge in [0.25, 0.3) is 0 Å². The van der Waals surface area contributed by atoms with Crippen molar-refractivity contribution in [3.8, 4) is 0 Å². The van der Waals surface area contributed by atoms with Crippen LogP contribution in [0, 0.1) is 6.92 Å². The molecule has 1 aliphatic heterocycles. The first-order valence-corrected chi connectivity index (χ1v) is 10.7. The summed E-state index contributed by atoms with van der Waals surface area (Å²) in [5.41, 5.74) is 1.74. The van der Waals surface area contributed by atoms with Crippen LogP contribution in [0.3, 0.4) is 0 Å². The fourth-order valence-corrected chi connectivity index (χ4v) is 3.59. The topological polar surface area (TPSA) is 102 Å². The number of ether oxygens (including phenoxy) is 1. The molecule has 1 atom stereocenters. The highest BCUT2D eigenvalue weighted by Crippen LogP contribution is 2.19. The Labute approximate surface area is 186 Å². The zero-order valence-electron chi connectivity index (χ0n) is 17.8. The number of carbonyl (C=O) groups excluding carboxylic acids is 2. The molecule has 10 heteroatoms. The summed E-state index contributed by atoms with van der Waals surface area (Å²) in [7, 11) is 0. The largest absolute Gasteiger partial charge is 0.367 e. The van der Waals surface area contributed by atoms with Gasteiger partial charge in [-0.25, -0.2) is 0 Å². The zero-order chi connectivity index (χ0) is 22.2. The second-order valence-corrected chi connectivity index (χ2v) is 7.79. The molecule has 2 heterocycles. The van der Waals surface area contributed by atoms with Gasteiger partial charge in [0.05, 0.1) is 12.6 Å². The predicted molar refractivity (Wildman–Crippen MR) is 116 cm³/mol. The van der Waals surface area contributed by atoms with Crippen molar-refractivity contribution in [1.29, 1.82) is 0 Å². The number of aryl methyl sites for hydroxylation is 1. The smallest absolute Gasteiger partial charge is 0.246 e. The van der Waals surface area contributed by atoms with Crippen LogP contribution in [0.4, 0.5) is 0 Å². The predicted octanol–water partition coefficient (Wildman–Crippen LogP) is 1.84. The number of nitrogens with zero attached hydrogens (tertiary/aromatic N) is 5. The van der Waals surface area contributed by atoms with Gasteiger partial charge in [0.2, 0.25) is 11.8 Å². The summed E-state index contributed by atoms with van der Waals surface area (Å²) < 4.78 is 5.67. The summed E-state index contributed by atoms with van der Waals surface area (Å²) >= 11 is 6.15. The van der Waals surface area contributed by atoms with Crippen LogP contribution in [-0.2, 0) is 20.9 Å². The van der Waals surface area contributed by atoms with Crippen LogP contribution in [0.1, 0.15) is 36.7 Å². The molecule has 31 heavy (non-hydrogen) atoms. The Hall–Kier alpha value is -2.78. The van der Waals surface area contributed by atoms with Crippen molar-refractivity contribution in [3.05, 3.63) is 46.2 Å². The van der Waals surface area contributed by atoms with Gasteiger partial charge in [-0.3, -0.25) is 9.59 Å². The van der Waals surface area contributed by atoms with Gasteiger partial charge in [-0.1, -0.05) is 17.7 Å². The molecule has 2 amide bonds. The summed E-state index contributed by atoms with van der Waals surface area (Å²) in [4.78, 5) is 27.6. The molecule has 1 aromatic carbocycles. The molecule has 1 saturated heterocycles. The van der Waals surface area contributed by atoms with Gasteiger partial charge < -0.3 is 15.0 Å². The average molecular weight is 447 g/mol. The van der Waals surface area contributed by atoms with Gasteiger partial charge in [-0.2, -0.15) is 4.80 Å². The first-order valence-electron chi connectivity index (χ1n) is 10.3. The summed E-state index contributed by atoms with van der Waals surface area (Å²) in [5, 5.41) is 15.4. The van der Waals surface area contributed by atoms with Crippen molar-refractivity contribution >= 4 is 29.5 Å². The van der Waals surface area contributed by atoms with E-state index in [2.05, 4.69) is 20.7 Å². The minimum absolute atomic E-state index is 0.0142. The molecule has 3 rings (SSSR count). The van der Waals surface area contributed by atoms with Crippen LogP contribution in [0.15, 0.2) is 24.3 Å². The molecule has 9 nitrogen and oxygen atoms in total. The van der Waals surface area contributed by atoms with E-state index in [1.54, 1.807) is 30.0 Å². The molecule has 1 fully saturated rings. The number of carbonyl (C=O) groups is 2. The molecule has 1 aliphatic rings. The number of hydrogen-bond acceptors (Lipinski definition) is 6. The summed E-state index contributed by atoms with van der Waals surface area (Å²) in [6, 6.07) is 5.47. The SMILES string of the molecule is CCNC(=O)COC1CCCN(C(=O)/C=C/c2ccc(Cl)cc2Cn2nnc(C)n2)C1. The number of hydrogen-bond donors (Lipinski definition) is 1. The van der Waals surface area contributed by atoms with Crippen molar-refractivity contribution in [1.82, 2.24) is 30.4 Å². The fourth-order valence-electron chi connectivity index (χ4n) is 3.40. The molecule has 1 N–H and O–H groups in total. The number of likely N-dealkylation sites (N-methyl/N-ethyl adjacent to an activating group) is 1. The molecule has 0 spiro atoms. The van der Waals surface area contributed by atoms with Crippen LogP contribution in [0.2, 0.25) is 5.02 Å². The van der Waals surface area contributed by atoms with Crippen molar-refractivity contribution in [3.63, 3.8) is 0 Å². The average Bonchev–Trinajstić information content (AvgIpc) is 3.16. The van der Waals surface area contributed by atoms with E-state index in [1.807, 2.05) is 19.1 Å². The lowest BCUT2D eigenvalue weighted by molar-refractivity contribution is -0.133. The maximum absolute atomic E-state index is 12.7. The maximum atomic E-state index is 12.7. The first-order chi connectivity index (χ1) is 14.9. The number of rotatable bonds is 8. The molecule has 1 aromatic heterocycles. The van der Waals surface area contributed by atoms with Gasteiger partial charge >= 0.3 is 0 Å². The standard InChI is InChI=1S/C21H27ClN6O3/c1-3-23-20(29)14-31-19-5-4-10-27(13-19)21(30)9-7-16-6-8-18(22)11-17(16)12-28-25-15(2)24-26-28/h6-9,11,19H,3-5,10,12-14H2,1-2H3,(H,23,29)/b9-7+. The molecule has 0 aliphatic carbocycles. The Kier molecular flexibility index (Phi) is 8.13. The van der Waals surface area contributed by atoms with Crippen LogP contribution in [-0.4, -0.2) is 69.3 Å². The number of benzene rings is 1. The van der Waals surface area contributed by atoms with E-state index in [9.17, 15) is 9.59 Å². The van der Waals surface area contributed by atoms with Crippen molar-refractivity contribution in [2.45, 2.75) is 39.3 Å². The Morgan fingerprint density at radius 3 is 2.97 bits per heavy atom. The third-order valence-corrected chi connectivity index (χ3v) is 5.12. The van der Waals surface area contributed by atoms with E-state index in [0.717, 1.165) is 24.0 Å². The van der Waals surface area contributed by atoms with E-state index >= 15 is 0 Å². The van der Waals surface area contributed by atoms with E-state index in [4.69, 9.17) is 16.3 Å². The quantitative estimate of drug-likeness (QED) is 0.621. The normalized spacial score (nSPS) is 16.6. The summed E-state index contributed by atoms with van der Waals surface area (Å²) in [5.74, 6) is 0.350. The monoisotopic (exact) mass is 446 g/mol. The van der Waals surface area contributed by atoms with Gasteiger partial charge in [0.15, 0.2) is 5.82 Å². The minimum atomic E-state index is -0.141. The number of tetrazole rings is 1. The third-order valence-electron chi connectivity index (χ3n) is 4.89. The van der Waals surface area contributed by atoms with E-state index < -0.39 is 0 Å². The lowest BCUT2D eigenvalue weighted by Crippen LogP contribution is -2.43. The van der Waals surface area contributed by atoms with Gasteiger partial charge in [-0.05, 0) is 61.2 Å². The lowest BCUT2D eigenvalue weighted by Gasteiger charge is -2.31. The summed E-state index contributed by atoms with van der Waals surface area (Å²) in [6.45, 7) is 5.75. The molecule has 166 valence electrons. The minimum Gasteiger partial charge on any atom is -0.367 e. The zero-order valence-corrected chi connectivity index (χ0v) is 18.5. The molecule has 2 aromatic rings. The molecule has 0 saturated carbocycles. The molecule has 0 bridgehead atoms. The third kappa shape index (κ3) is 6.86. The maximum Gasteiger partial charge on any atom is 0.246 e. The van der Waals surface area contributed by atoms with E-state index in [0.29, 0.717) is 37.0 Å². The number of nitrogens with one attached hydrogen (secondary N) is 1. The number of likely N-dealkylation sites (tertiary alicyclic amines) is 1. The second-order valence-electron chi connectivity index (χ2n) is 7.36. The highest BCUT2D eigenvalue weighted by atomic mass is 35.5. The number of halogens is 1. The highest BCUT2D eigenvalue weighted by molar-refractivity contribution is 6.30. The molecule has 1 unspecified atom stereocenters. The second kappa shape index (κ2) is 11.0. The van der Waals surface area contributed by atoms with Gasteiger partial charge in [0.1, 0.15) is 6.61 Å². The fraction of sp³-hybridized carbons (Fsp3) is 0.476. The lowest BCUT2D eigenvalue weighted by atomic mass is 10.1. The van der Waals surface area contributed by atoms with Crippen LogP contribution in [0.5, 0.6) is 0 Å². The van der Waals surface area contributed by atoms with Crippen molar-refractivity contribution in [2.24, 2.45) is 0 Å². The van der Waals surface area contributed by atoms with Crippen molar-refractivity contribution < 1.29 is 14.3 Å². The van der Waals surface area contributed by atoms with E-state index in [1.165, 1.54) is 4.80 Å². The summed E-state index contributed by atoms with van der Waals surface area (Å²) in [6.07, 6.45) is 4.86. The molecule has 0 radical (unpaired) electrons. The number of aromatic nitrogens is 4. The Bertz CT molecular complexity index is 945. The van der Waals surface area contributed by atoms with Crippen LogP contribution < -0.4 is 5.32 Å². The van der Waals surface area contributed by atoms with Crippen LogP contribution >= 0.6 is 11.6 Å². The number of piperidine rings is 1. The Morgan fingerprint density at radius 2 is 2.23 bits per heavy atom. The van der Waals surface area contributed by atoms with Gasteiger partial charge in [0, 0.05) is 30.7 Å². The first kappa shape index (κ1) is 22.9. The van der Waals surface area contributed by atoms with E-state index in [-0.39, 0.29) is 24.5 Å². The Balaban J connectivity index is 1.62. The van der Waals surface area contributed by atoms with Gasteiger partial charge in [-0.15, -0.1) is 10.2 Å². The number of amides is 2. The highest BCUT2D eigenvalue weighted by Gasteiger charge is 2.23. The molecular formula is C21H27ClN6O3. The Morgan fingerprint density at radius 1 is 1.39 bits per heavy atom. The van der Waals surface area contributed by atoms with Crippen LogP contribution in [0.25, 0.3) is 6.08 Å².